The molecule has 1 atom stereocenters. The van der Waals surface area contributed by atoms with Gasteiger partial charge in [0.2, 0.25) is 5.91 Å². The minimum Gasteiger partial charge on any atom is -0.352 e. The number of fused-ring (bicyclic) bond motifs is 1. The Morgan fingerprint density at radius 3 is 2.58 bits per heavy atom. The molecule has 1 aliphatic rings. The van der Waals surface area contributed by atoms with Gasteiger partial charge in [-0.05, 0) is 69.0 Å². The number of aryl methyl sites for hydroxylation is 2. The van der Waals surface area contributed by atoms with Crippen LogP contribution in [0.2, 0.25) is 0 Å². The maximum atomic E-state index is 13.4. The summed E-state index contributed by atoms with van der Waals surface area (Å²) >= 11 is 1.34. The van der Waals surface area contributed by atoms with Crippen LogP contribution in [0.15, 0.2) is 52.4 Å². The van der Waals surface area contributed by atoms with Gasteiger partial charge in [-0.2, -0.15) is 0 Å². The van der Waals surface area contributed by atoms with Crippen LogP contribution in [0.5, 0.6) is 0 Å². The predicted octanol–water partition coefficient (Wildman–Crippen LogP) is 4.93. The van der Waals surface area contributed by atoms with Crippen LogP contribution in [0.25, 0.3) is 16.6 Å². The molecule has 1 amide bonds. The molecule has 162 valence electrons. The maximum Gasteiger partial charge on any atom is 0.266 e. The molecular formula is C25H29N3O2S. The minimum atomic E-state index is -0.354. The fraction of sp³-hybridized carbons (Fsp3) is 0.400. The minimum absolute atomic E-state index is 0.00550. The van der Waals surface area contributed by atoms with Crippen molar-refractivity contribution >= 4 is 28.6 Å². The number of hydrogen-bond donors (Lipinski definition) is 1. The van der Waals surface area contributed by atoms with Gasteiger partial charge in [0.25, 0.3) is 5.56 Å². The van der Waals surface area contributed by atoms with Crippen LogP contribution in [0.3, 0.4) is 0 Å². The summed E-state index contributed by atoms with van der Waals surface area (Å²) in [6.07, 6.45) is 5.69. The Morgan fingerprint density at radius 2 is 1.84 bits per heavy atom. The van der Waals surface area contributed by atoms with Gasteiger partial charge in [0.15, 0.2) is 5.16 Å². The van der Waals surface area contributed by atoms with Crippen LogP contribution >= 0.6 is 11.8 Å². The van der Waals surface area contributed by atoms with Gasteiger partial charge in [-0.15, -0.1) is 0 Å². The molecule has 0 spiro atoms. The molecule has 1 aliphatic carbocycles. The van der Waals surface area contributed by atoms with E-state index in [-0.39, 0.29) is 22.8 Å². The second-order valence-corrected chi connectivity index (χ2v) is 9.73. The molecule has 31 heavy (non-hydrogen) atoms. The standard InChI is InChI=1S/C25H29N3O2S/c1-16-13-14-20(15-17(16)2)28-24(30)21-11-7-8-12-22(21)27-25(28)31-18(3)23(29)26-19-9-5-4-6-10-19/h7-8,11-15,18-19H,4-6,9-10H2,1-3H3,(H,26,29)/t18-/m1/s1. The average Bonchev–Trinajstić information content (AvgIpc) is 2.77. The number of hydrogen-bond acceptors (Lipinski definition) is 4. The zero-order chi connectivity index (χ0) is 22.0. The third kappa shape index (κ3) is 4.69. The highest BCUT2D eigenvalue weighted by molar-refractivity contribution is 8.00. The molecule has 3 aromatic rings. The van der Waals surface area contributed by atoms with Gasteiger partial charge < -0.3 is 5.32 Å². The number of nitrogens with zero attached hydrogens (tertiary/aromatic N) is 2. The number of rotatable bonds is 5. The van der Waals surface area contributed by atoms with Crippen LogP contribution in [-0.4, -0.2) is 26.8 Å². The van der Waals surface area contributed by atoms with E-state index in [1.165, 1.54) is 36.6 Å². The lowest BCUT2D eigenvalue weighted by Crippen LogP contribution is -2.40. The van der Waals surface area contributed by atoms with Gasteiger partial charge in [0.05, 0.1) is 21.8 Å². The second-order valence-electron chi connectivity index (χ2n) is 8.42. The third-order valence-electron chi connectivity index (χ3n) is 6.10. The van der Waals surface area contributed by atoms with E-state index in [1.54, 1.807) is 10.6 Å². The van der Waals surface area contributed by atoms with Gasteiger partial charge in [-0.1, -0.05) is 49.2 Å². The van der Waals surface area contributed by atoms with E-state index in [9.17, 15) is 9.59 Å². The molecule has 1 aromatic heterocycles. The van der Waals surface area contributed by atoms with Crippen molar-refractivity contribution in [2.24, 2.45) is 0 Å². The van der Waals surface area contributed by atoms with E-state index in [0.29, 0.717) is 16.1 Å². The smallest absolute Gasteiger partial charge is 0.266 e. The van der Waals surface area contributed by atoms with Crippen molar-refractivity contribution in [3.8, 4) is 5.69 Å². The van der Waals surface area contributed by atoms with Crippen molar-refractivity contribution in [3.63, 3.8) is 0 Å². The van der Waals surface area contributed by atoms with Crippen molar-refractivity contribution < 1.29 is 4.79 Å². The van der Waals surface area contributed by atoms with E-state index in [1.807, 2.05) is 57.2 Å². The topological polar surface area (TPSA) is 64.0 Å². The molecule has 1 fully saturated rings. The number of carbonyl (C=O) groups is 1. The van der Waals surface area contributed by atoms with Crippen molar-refractivity contribution in [2.45, 2.75) is 69.3 Å². The van der Waals surface area contributed by atoms with E-state index >= 15 is 0 Å². The number of thioether (sulfide) groups is 1. The van der Waals surface area contributed by atoms with Crippen molar-refractivity contribution in [3.05, 3.63) is 63.9 Å². The lowest BCUT2D eigenvalue weighted by atomic mass is 9.95. The summed E-state index contributed by atoms with van der Waals surface area (Å²) in [5, 5.41) is 3.95. The third-order valence-corrected chi connectivity index (χ3v) is 7.15. The molecule has 1 heterocycles. The van der Waals surface area contributed by atoms with E-state index in [0.717, 1.165) is 24.1 Å². The Bertz CT molecular complexity index is 1170. The number of amides is 1. The Balaban J connectivity index is 1.71. The fourth-order valence-corrected chi connectivity index (χ4v) is 5.00. The average molecular weight is 436 g/mol. The highest BCUT2D eigenvalue weighted by atomic mass is 32.2. The molecule has 0 saturated heterocycles. The molecule has 0 bridgehead atoms. The quantitative estimate of drug-likeness (QED) is 0.456. The highest BCUT2D eigenvalue weighted by Crippen LogP contribution is 2.27. The number of benzene rings is 2. The van der Waals surface area contributed by atoms with Crippen molar-refractivity contribution in [1.29, 1.82) is 0 Å². The molecule has 6 heteroatoms. The SMILES string of the molecule is Cc1ccc(-n2c(S[C@H](C)C(=O)NC3CCCCC3)nc3ccccc3c2=O)cc1C. The molecule has 2 aromatic carbocycles. The van der Waals surface area contributed by atoms with Gasteiger partial charge >= 0.3 is 0 Å². The molecule has 0 aliphatic heterocycles. The molecule has 0 unspecified atom stereocenters. The van der Waals surface area contributed by atoms with E-state index in [4.69, 9.17) is 4.98 Å². The maximum absolute atomic E-state index is 13.4. The Labute approximate surface area is 187 Å². The van der Waals surface area contributed by atoms with Gasteiger partial charge in [0, 0.05) is 6.04 Å². The molecular weight excluding hydrogens is 406 g/mol. The van der Waals surface area contributed by atoms with Crippen LogP contribution in [0.1, 0.15) is 50.2 Å². The summed E-state index contributed by atoms with van der Waals surface area (Å²) in [5.41, 5.74) is 3.58. The first-order valence-corrected chi connectivity index (χ1v) is 11.9. The molecule has 1 N–H and O–H groups in total. The van der Waals surface area contributed by atoms with Crippen molar-refractivity contribution in [2.75, 3.05) is 0 Å². The highest BCUT2D eigenvalue weighted by Gasteiger charge is 2.23. The summed E-state index contributed by atoms with van der Waals surface area (Å²) in [7, 11) is 0. The monoisotopic (exact) mass is 435 g/mol. The Morgan fingerprint density at radius 1 is 1.10 bits per heavy atom. The molecule has 5 nitrogen and oxygen atoms in total. The summed E-state index contributed by atoms with van der Waals surface area (Å²) in [4.78, 5) is 31.1. The Kier molecular flexibility index (Phi) is 6.46. The first-order chi connectivity index (χ1) is 14.9. The normalized spacial score (nSPS) is 15.7. The number of nitrogens with one attached hydrogen (secondary N) is 1. The number of carbonyl (C=O) groups excluding carboxylic acids is 1. The molecule has 0 radical (unpaired) electrons. The number of para-hydroxylation sites is 1. The van der Waals surface area contributed by atoms with Gasteiger partial charge in [0.1, 0.15) is 0 Å². The van der Waals surface area contributed by atoms with Gasteiger partial charge in [-0.3, -0.25) is 14.2 Å². The summed E-state index contributed by atoms with van der Waals surface area (Å²) < 4.78 is 1.64. The predicted molar refractivity (Wildman–Crippen MR) is 127 cm³/mol. The van der Waals surface area contributed by atoms with Crippen LogP contribution in [-0.2, 0) is 4.79 Å². The molecule has 1 saturated carbocycles. The first-order valence-electron chi connectivity index (χ1n) is 11.0. The van der Waals surface area contributed by atoms with Crippen LogP contribution < -0.4 is 10.9 Å². The van der Waals surface area contributed by atoms with Crippen molar-refractivity contribution in [1.82, 2.24) is 14.9 Å². The summed E-state index contributed by atoms with van der Waals surface area (Å²) in [6.45, 7) is 5.97. The largest absolute Gasteiger partial charge is 0.352 e. The van der Waals surface area contributed by atoms with Crippen LogP contribution in [0, 0.1) is 13.8 Å². The van der Waals surface area contributed by atoms with Gasteiger partial charge in [-0.25, -0.2) is 4.98 Å². The summed E-state index contributed by atoms with van der Waals surface area (Å²) in [5.74, 6) is 0.00550. The second kappa shape index (κ2) is 9.27. The Hall–Kier alpha value is -2.60. The zero-order valence-electron chi connectivity index (χ0n) is 18.4. The molecule has 4 rings (SSSR count). The fourth-order valence-electron chi connectivity index (χ4n) is 4.06. The zero-order valence-corrected chi connectivity index (χ0v) is 19.2. The van der Waals surface area contributed by atoms with Crippen LogP contribution in [0.4, 0.5) is 0 Å². The summed E-state index contributed by atoms with van der Waals surface area (Å²) in [6, 6.07) is 13.6. The first kappa shape index (κ1) is 21.6. The van der Waals surface area contributed by atoms with E-state index in [2.05, 4.69) is 5.32 Å². The lowest BCUT2D eigenvalue weighted by Gasteiger charge is -2.24. The number of aromatic nitrogens is 2. The van der Waals surface area contributed by atoms with E-state index < -0.39 is 0 Å². The lowest BCUT2D eigenvalue weighted by molar-refractivity contribution is -0.121.